The summed E-state index contributed by atoms with van der Waals surface area (Å²) in [4.78, 5) is 38.2. The molecule has 2 aromatic carbocycles. The average Bonchev–Trinajstić information content (AvgIpc) is 2.66. The zero-order valence-corrected chi connectivity index (χ0v) is 14.7. The third-order valence-electron chi connectivity index (χ3n) is 3.99. The molecular formula is C19H16F2N2O5. The molecule has 1 atom stereocenters. The van der Waals surface area contributed by atoms with Gasteiger partial charge in [-0.15, -0.1) is 0 Å². The second-order valence-corrected chi connectivity index (χ2v) is 5.91. The first-order valence-electron chi connectivity index (χ1n) is 8.32. The topological polar surface area (TPSA) is 84.9 Å². The molecule has 0 aliphatic carbocycles. The highest BCUT2D eigenvalue weighted by Crippen LogP contribution is 2.30. The summed E-state index contributed by atoms with van der Waals surface area (Å²) in [7, 11) is 0. The highest BCUT2D eigenvalue weighted by Gasteiger charge is 2.32. The summed E-state index contributed by atoms with van der Waals surface area (Å²) >= 11 is 0. The molecule has 3 rings (SSSR count). The van der Waals surface area contributed by atoms with Crippen molar-refractivity contribution in [3.63, 3.8) is 0 Å². The van der Waals surface area contributed by atoms with Gasteiger partial charge >= 0.3 is 12.6 Å². The van der Waals surface area contributed by atoms with Crippen LogP contribution in [0.25, 0.3) is 0 Å². The molecule has 1 heterocycles. The molecule has 9 heteroatoms. The first kappa shape index (κ1) is 19.3. The van der Waals surface area contributed by atoms with E-state index in [4.69, 9.17) is 4.74 Å². The summed E-state index contributed by atoms with van der Waals surface area (Å²) in [5.74, 6) is -2.36. The average molecular weight is 390 g/mol. The van der Waals surface area contributed by atoms with E-state index in [1.54, 1.807) is 24.3 Å². The molecule has 146 valence electrons. The van der Waals surface area contributed by atoms with E-state index in [9.17, 15) is 23.2 Å². The van der Waals surface area contributed by atoms with Crippen LogP contribution in [0.5, 0.6) is 5.75 Å². The number of esters is 1. The number of nitrogens with one attached hydrogen (secondary N) is 1. The van der Waals surface area contributed by atoms with Crippen molar-refractivity contribution in [3.8, 4) is 5.75 Å². The van der Waals surface area contributed by atoms with Crippen LogP contribution < -0.4 is 15.0 Å². The monoisotopic (exact) mass is 390 g/mol. The number of hydrogen-bond acceptors (Lipinski definition) is 5. The van der Waals surface area contributed by atoms with Crippen LogP contribution in [0, 0.1) is 0 Å². The Balaban J connectivity index is 1.77. The van der Waals surface area contributed by atoms with Crippen LogP contribution in [-0.4, -0.2) is 37.0 Å². The lowest BCUT2D eigenvalue weighted by molar-refractivity contribution is -0.128. The number of anilines is 2. The van der Waals surface area contributed by atoms with E-state index in [0.717, 1.165) is 0 Å². The minimum absolute atomic E-state index is 0.233. The maximum Gasteiger partial charge on any atom is 0.387 e. The Bertz CT molecular complexity index is 919. The van der Waals surface area contributed by atoms with Gasteiger partial charge in [-0.2, -0.15) is 8.78 Å². The fourth-order valence-electron chi connectivity index (χ4n) is 2.76. The molecule has 1 aliphatic heterocycles. The third kappa shape index (κ3) is 4.08. The number of para-hydroxylation sites is 3. The van der Waals surface area contributed by atoms with Crippen molar-refractivity contribution in [1.29, 1.82) is 0 Å². The van der Waals surface area contributed by atoms with Gasteiger partial charge in [0.1, 0.15) is 17.9 Å². The number of nitrogens with zero attached hydrogens (tertiary/aromatic N) is 1. The van der Waals surface area contributed by atoms with E-state index in [1.165, 1.54) is 36.1 Å². The predicted molar refractivity (Wildman–Crippen MR) is 95.4 cm³/mol. The molecule has 0 spiro atoms. The Labute approximate surface area is 158 Å². The third-order valence-corrected chi connectivity index (χ3v) is 3.99. The number of fused-ring (bicyclic) bond motifs is 1. The van der Waals surface area contributed by atoms with Gasteiger partial charge in [0.2, 0.25) is 5.91 Å². The number of benzene rings is 2. The molecule has 7 nitrogen and oxygen atoms in total. The van der Waals surface area contributed by atoms with Crippen LogP contribution in [0.15, 0.2) is 48.5 Å². The summed E-state index contributed by atoms with van der Waals surface area (Å²) in [6, 6.07) is 12.0. The fourth-order valence-corrected chi connectivity index (χ4v) is 2.76. The maximum atomic E-state index is 12.8. The molecule has 0 unspecified atom stereocenters. The van der Waals surface area contributed by atoms with Gasteiger partial charge in [-0.05, 0) is 31.2 Å². The molecule has 0 saturated carbocycles. The van der Waals surface area contributed by atoms with Crippen LogP contribution in [-0.2, 0) is 14.3 Å². The molecule has 0 radical (unpaired) electrons. The molecule has 28 heavy (non-hydrogen) atoms. The zero-order chi connectivity index (χ0) is 20.3. The van der Waals surface area contributed by atoms with Gasteiger partial charge in [-0.1, -0.05) is 24.3 Å². The van der Waals surface area contributed by atoms with Gasteiger partial charge in [-0.3, -0.25) is 14.5 Å². The van der Waals surface area contributed by atoms with Crippen LogP contribution in [0.3, 0.4) is 0 Å². The molecule has 1 N–H and O–H groups in total. The van der Waals surface area contributed by atoms with Crippen molar-refractivity contribution >= 4 is 29.2 Å². The highest BCUT2D eigenvalue weighted by molar-refractivity contribution is 6.11. The van der Waals surface area contributed by atoms with Crippen LogP contribution in [0.2, 0.25) is 0 Å². The first-order valence-corrected chi connectivity index (χ1v) is 8.32. The Morgan fingerprint density at radius 3 is 2.54 bits per heavy atom. The lowest BCUT2D eigenvalue weighted by Gasteiger charge is -2.30. The number of ether oxygens (including phenoxy) is 2. The van der Waals surface area contributed by atoms with E-state index in [2.05, 4.69) is 10.1 Å². The molecule has 1 aliphatic rings. The summed E-state index contributed by atoms with van der Waals surface area (Å²) < 4.78 is 34.4. The van der Waals surface area contributed by atoms with Gasteiger partial charge in [0.05, 0.1) is 11.4 Å². The van der Waals surface area contributed by atoms with E-state index in [-0.39, 0.29) is 23.8 Å². The van der Waals surface area contributed by atoms with E-state index in [0.29, 0.717) is 11.4 Å². The predicted octanol–water partition coefficient (Wildman–Crippen LogP) is 2.82. The van der Waals surface area contributed by atoms with E-state index in [1.807, 2.05) is 0 Å². The molecule has 2 aromatic rings. The van der Waals surface area contributed by atoms with Gasteiger partial charge in [0.25, 0.3) is 5.91 Å². The number of alkyl halides is 2. The highest BCUT2D eigenvalue weighted by atomic mass is 19.3. The molecule has 0 bridgehead atoms. The molecule has 0 saturated heterocycles. The Morgan fingerprint density at radius 2 is 1.79 bits per heavy atom. The van der Waals surface area contributed by atoms with Gasteiger partial charge in [0, 0.05) is 0 Å². The second kappa shape index (κ2) is 8.03. The smallest absolute Gasteiger partial charge is 0.387 e. The lowest BCUT2D eigenvalue weighted by Crippen LogP contribution is -2.47. The molecular weight excluding hydrogens is 374 g/mol. The fraction of sp³-hybridized carbons (Fsp3) is 0.211. The molecule has 2 amide bonds. The second-order valence-electron chi connectivity index (χ2n) is 5.91. The summed E-state index contributed by atoms with van der Waals surface area (Å²) in [6.45, 7) is -2.01. The minimum Gasteiger partial charge on any atom is -0.449 e. The van der Waals surface area contributed by atoms with Crippen molar-refractivity contribution in [3.05, 3.63) is 54.1 Å². The van der Waals surface area contributed by atoms with Crippen molar-refractivity contribution in [1.82, 2.24) is 0 Å². The van der Waals surface area contributed by atoms with Crippen LogP contribution in [0.4, 0.5) is 20.2 Å². The summed E-state index contributed by atoms with van der Waals surface area (Å²) in [6.07, 6.45) is -1.26. The van der Waals surface area contributed by atoms with Crippen molar-refractivity contribution in [2.45, 2.75) is 19.6 Å². The minimum atomic E-state index is -3.11. The number of carbonyl (C=O) groups is 3. The van der Waals surface area contributed by atoms with Crippen LogP contribution >= 0.6 is 0 Å². The van der Waals surface area contributed by atoms with Crippen molar-refractivity contribution in [2.24, 2.45) is 0 Å². The first-order chi connectivity index (χ1) is 13.4. The standard InChI is InChI=1S/C19H16F2N2O5/c1-11(27-18(26)12-6-2-5-9-15(12)28-19(20)21)17(25)23-10-16(24)22-13-7-3-4-8-14(13)23/h2-9,11,19H,10H2,1H3,(H,22,24)/t11-/m0/s1. The van der Waals surface area contributed by atoms with E-state index >= 15 is 0 Å². The van der Waals surface area contributed by atoms with Crippen molar-refractivity contribution < 1.29 is 32.6 Å². The number of amides is 2. The number of hydrogen-bond donors (Lipinski definition) is 1. The Hall–Kier alpha value is -3.49. The summed E-state index contributed by atoms with van der Waals surface area (Å²) in [5.41, 5.74) is 0.692. The van der Waals surface area contributed by atoms with Crippen molar-refractivity contribution in [2.75, 3.05) is 16.8 Å². The van der Waals surface area contributed by atoms with E-state index < -0.39 is 24.6 Å². The lowest BCUT2D eigenvalue weighted by atomic mass is 10.1. The SMILES string of the molecule is C[C@H](OC(=O)c1ccccc1OC(F)F)C(=O)N1CC(=O)Nc2ccccc21. The number of halogens is 2. The molecule has 0 aromatic heterocycles. The van der Waals surface area contributed by atoms with Gasteiger partial charge < -0.3 is 14.8 Å². The molecule has 0 fully saturated rings. The largest absolute Gasteiger partial charge is 0.449 e. The van der Waals surface area contributed by atoms with Gasteiger partial charge in [-0.25, -0.2) is 4.79 Å². The van der Waals surface area contributed by atoms with Gasteiger partial charge in [0.15, 0.2) is 6.10 Å². The zero-order valence-electron chi connectivity index (χ0n) is 14.7. The number of rotatable bonds is 5. The Kier molecular flexibility index (Phi) is 5.53. The summed E-state index contributed by atoms with van der Waals surface area (Å²) in [5, 5.41) is 2.65. The Morgan fingerprint density at radius 1 is 1.11 bits per heavy atom. The maximum absolute atomic E-state index is 12.8. The normalized spacial score (nSPS) is 14.1. The quantitative estimate of drug-likeness (QED) is 0.794. The van der Waals surface area contributed by atoms with Crippen LogP contribution in [0.1, 0.15) is 17.3 Å². The number of carbonyl (C=O) groups excluding carboxylic acids is 3.